The van der Waals surface area contributed by atoms with E-state index >= 15 is 0 Å². The SMILES string of the molecule is CCN(CCC(NC)c1cc(C)cc(C)c1)C1CC1. The maximum Gasteiger partial charge on any atom is 0.0329 e. The van der Waals surface area contributed by atoms with Gasteiger partial charge in [-0.15, -0.1) is 0 Å². The quantitative estimate of drug-likeness (QED) is 0.808. The molecular formula is C17H28N2. The minimum Gasteiger partial charge on any atom is -0.313 e. The number of aryl methyl sites for hydroxylation is 2. The monoisotopic (exact) mass is 260 g/mol. The van der Waals surface area contributed by atoms with Gasteiger partial charge >= 0.3 is 0 Å². The fraction of sp³-hybridized carbons (Fsp3) is 0.647. The van der Waals surface area contributed by atoms with E-state index in [0.717, 1.165) is 6.04 Å². The molecule has 1 fully saturated rings. The van der Waals surface area contributed by atoms with Gasteiger partial charge in [0, 0.05) is 18.6 Å². The summed E-state index contributed by atoms with van der Waals surface area (Å²) in [6.45, 7) is 9.05. The van der Waals surface area contributed by atoms with Crippen LogP contribution in [0.3, 0.4) is 0 Å². The number of rotatable bonds is 7. The maximum atomic E-state index is 3.48. The lowest BCUT2D eigenvalue weighted by atomic mass is 9.99. The van der Waals surface area contributed by atoms with Crippen LogP contribution in [0.25, 0.3) is 0 Å². The molecule has 0 heterocycles. The van der Waals surface area contributed by atoms with Crippen molar-refractivity contribution in [1.29, 1.82) is 0 Å². The molecule has 1 unspecified atom stereocenters. The Morgan fingerprint density at radius 2 is 1.84 bits per heavy atom. The van der Waals surface area contributed by atoms with Gasteiger partial charge in [0.1, 0.15) is 0 Å². The molecule has 2 nitrogen and oxygen atoms in total. The molecule has 2 rings (SSSR count). The average molecular weight is 260 g/mol. The standard InChI is InChI=1S/C17H28N2/c1-5-19(16-6-7-16)9-8-17(18-4)15-11-13(2)10-14(3)12-15/h10-12,16-18H,5-9H2,1-4H3. The molecule has 2 heteroatoms. The van der Waals surface area contributed by atoms with Crippen LogP contribution in [-0.2, 0) is 0 Å². The molecule has 1 N–H and O–H groups in total. The van der Waals surface area contributed by atoms with E-state index in [2.05, 4.69) is 56.2 Å². The predicted molar refractivity (Wildman–Crippen MR) is 82.6 cm³/mol. The first-order valence-electron chi connectivity index (χ1n) is 7.63. The van der Waals surface area contributed by atoms with Gasteiger partial charge in [-0.2, -0.15) is 0 Å². The van der Waals surface area contributed by atoms with Gasteiger partial charge in [0.2, 0.25) is 0 Å². The van der Waals surface area contributed by atoms with Gasteiger partial charge in [-0.05, 0) is 52.3 Å². The molecular weight excluding hydrogens is 232 g/mol. The summed E-state index contributed by atoms with van der Waals surface area (Å²) in [5, 5.41) is 3.48. The largest absolute Gasteiger partial charge is 0.313 e. The van der Waals surface area contributed by atoms with Crippen molar-refractivity contribution in [1.82, 2.24) is 10.2 Å². The van der Waals surface area contributed by atoms with Crippen molar-refractivity contribution in [2.75, 3.05) is 20.1 Å². The fourth-order valence-corrected chi connectivity index (χ4v) is 3.02. The van der Waals surface area contributed by atoms with Gasteiger partial charge in [0.05, 0.1) is 0 Å². The van der Waals surface area contributed by atoms with Gasteiger partial charge in [-0.3, -0.25) is 0 Å². The van der Waals surface area contributed by atoms with Gasteiger partial charge in [-0.25, -0.2) is 0 Å². The molecule has 1 saturated carbocycles. The van der Waals surface area contributed by atoms with Crippen LogP contribution in [0.2, 0.25) is 0 Å². The van der Waals surface area contributed by atoms with E-state index in [1.165, 1.54) is 49.0 Å². The molecule has 0 aliphatic heterocycles. The predicted octanol–water partition coefficient (Wildman–Crippen LogP) is 3.44. The lowest BCUT2D eigenvalue weighted by molar-refractivity contribution is 0.261. The van der Waals surface area contributed by atoms with Gasteiger partial charge in [0.15, 0.2) is 0 Å². The first-order valence-corrected chi connectivity index (χ1v) is 7.63. The number of nitrogens with zero attached hydrogens (tertiary/aromatic N) is 1. The van der Waals surface area contributed by atoms with E-state index in [1.807, 2.05) is 0 Å². The number of nitrogens with one attached hydrogen (secondary N) is 1. The van der Waals surface area contributed by atoms with Crippen molar-refractivity contribution in [3.63, 3.8) is 0 Å². The van der Waals surface area contributed by atoms with Crippen molar-refractivity contribution < 1.29 is 0 Å². The van der Waals surface area contributed by atoms with E-state index in [4.69, 9.17) is 0 Å². The first-order chi connectivity index (χ1) is 9.13. The lowest BCUT2D eigenvalue weighted by Gasteiger charge is -2.24. The normalized spacial score (nSPS) is 16.9. The Hall–Kier alpha value is -0.860. The topological polar surface area (TPSA) is 15.3 Å². The molecule has 0 saturated heterocycles. The summed E-state index contributed by atoms with van der Waals surface area (Å²) in [7, 11) is 2.08. The third-order valence-corrected chi connectivity index (χ3v) is 4.17. The Bertz CT molecular complexity index is 389. The van der Waals surface area contributed by atoms with Gasteiger partial charge in [-0.1, -0.05) is 36.2 Å². The van der Waals surface area contributed by atoms with E-state index in [1.54, 1.807) is 0 Å². The molecule has 0 amide bonds. The lowest BCUT2D eigenvalue weighted by Crippen LogP contribution is -2.30. The van der Waals surface area contributed by atoms with E-state index in [0.29, 0.717) is 6.04 Å². The molecule has 106 valence electrons. The third-order valence-electron chi connectivity index (χ3n) is 4.17. The minimum absolute atomic E-state index is 0.478. The second-order valence-electron chi connectivity index (χ2n) is 5.91. The summed E-state index contributed by atoms with van der Waals surface area (Å²) >= 11 is 0. The van der Waals surface area contributed by atoms with Crippen LogP contribution in [0.4, 0.5) is 0 Å². The summed E-state index contributed by atoms with van der Waals surface area (Å²) in [4.78, 5) is 2.63. The molecule has 0 radical (unpaired) electrons. The van der Waals surface area contributed by atoms with Crippen molar-refractivity contribution in [3.05, 3.63) is 34.9 Å². The van der Waals surface area contributed by atoms with E-state index < -0.39 is 0 Å². The number of benzene rings is 1. The molecule has 0 spiro atoms. The molecule has 1 aliphatic carbocycles. The smallest absolute Gasteiger partial charge is 0.0329 e. The second kappa shape index (κ2) is 6.53. The van der Waals surface area contributed by atoms with Crippen molar-refractivity contribution in [2.45, 2.75) is 52.1 Å². The molecule has 19 heavy (non-hydrogen) atoms. The third kappa shape index (κ3) is 4.05. The Labute approximate surface area is 118 Å². The van der Waals surface area contributed by atoms with Crippen LogP contribution in [-0.4, -0.2) is 31.1 Å². The fourth-order valence-electron chi connectivity index (χ4n) is 3.02. The summed E-state index contributed by atoms with van der Waals surface area (Å²) in [6, 6.07) is 8.25. The molecule has 1 aromatic rings. The Morgan fingerprint density at radius 3 is 2.32 bits per heavy atom. The van der Waals surface area contributed by atoms with Crippen LogP contribution < -0.4 is 5.32 Å². The zero-order chi connectivity index (χ0) is 13.8. The van der Waals surface area contributed by atoms with Crippen molar-refractivity contribution in [3.8, 4) is 0 Å². The molecule has 0 bridgehead atoms. The zero-order valence-corrected chi connectivity index (χ0v) is 12.9. The van der Waals surface area contributed by atoms with Gasteiger partial charge in [0.25, 0.3) is 0 Å². The van der Waals surface area contributed by atoms with Crippen LogP contribution in [0, 0.1) is 13.8 Å². The van der Waals surface area contributed by atoms with Crippen LogP contribution in [0.5, 0.6) is 0 Å². The van der Waals surface area contributed by atoms with Gasteiger partial charge < -0.3 is 10.2 Å². The highest BCUT2D eigenvalue weighted by Crippen LogP contribution is 2.28. The summed E-state index contributed by atoms with van der Waals surface area (Å²) < 4.78 is 0. The Balaban J connectivity index is 1.98. The van der Waals surface area contributed by atoms with Crippen molar-refractivity contribution >= 4 is 0 Å². The summed E-state index contributed by atoms with van der Waals surface area (Å²) in [5.41, 5.74) is 4.17. The van der Waals surface area contributed by atoms with E-state index in [9.17, 15) is 0 Å². The minimum atomic E-state index is 0.478. The van der Waals surface area contributed by atoms with Crippen LogP contribution >= 0.6 is 0 Å². The summed E-state index contributed by atoms with van der Waals surface area (Å²) in [5.74, 6) is 0. The van der Waals surface area contributed by atoms with Crippen LogP contribution in [0.15, 0.2) is 18.2 Å². The number of hydrogen-bond acceptors (Lipinski definition) is 2. The maximum absolute atomic E-state index is 3.48. The summed E-state index contributed by atoms with van der Waals surface area (Å²) in [6.07, 6.45) is 4.01. The molecule has 1 aliphatic rings. The first kappa shape index (κ1) is 14.5. The van der Waals surface area contributed by atoms with Crippen LogP contribution in [0.1, 0.15) is 48.9 Å². The number of hydrogen-bond donors (Lipinski definition) is 1. The second-order valence-corrected chi connectivity index (χ2v) is 5.91. The molecule has 1 aromatic carbocycles. The highest BCUT2D eigenvalue weighted by Gasteiger charge is 2.27. The Morgan fingerprint density at radius 1 is 1.21 bits per heavy atom. The highest BCUT2D eigenvalue weighted by atomic mass is 15.2. The molecule has 1 atom stereocenters. The average Bonchev–Trinajstić information content (AvgIpc) is 3.18. The highest BCUT2D eigenvalue weighted by molar-refractivity contribution is 5.30. The molecule has 0 aromatic heterocycles. The Kier molecular flexibility index (Phi) is 5.00. The van der Waals surface area contributed by atoms with Crippen molar-refractivity contribution in [2.24, 2.45) is 0 Å². The van der Waals surface area contributed by atoms with E-state index in [-0.39, 0.29) is 0 Å². The zero-order valence-electron chi connectivity index (χ0n) is 12.9.